The zero-order valence-electron chi connectivity index (χ0n) is 22.0. The van der Waals surface area contributed by atoms with Gasteiger partial charge >= 0.3 is 0 Å². The quantitative estimate of drug-likeness (QED) is 0.305. The van der Waals surface area contributed by atoms with Crippen LogP contribution in [0, 0.1) is 0 Å². The van der Waals surface area contributed by atoms with E-state index in [1.165, 1.54) is 16.2 Å². The van der Waals surface area contributed by atoms with Crippen molar-refractivity contribution in [3.8, 4) is 0 Å². The molecule has 13 heteroatoms. The number of anilines is 3. The highest BCUT2D eigenvalue weighted by atomic mass is 32.1. The third-order valence-corrected chi connectivity index (χ3v) is 8.90. The van der Waals surface area contributed by atoms with Gasteiger partial charge in [0.1, 0.15) is 15.8 Å². The van der Waals surface area contributed by atoms with Gasteiger partial charge in [0.2, 0.25) is 16.2 Å². The van der Waals surface area contributed by atoms with Crippen LogP contribution >= 0.6 is 22.7 Å². The highest BCUT2D eigenvalue weighted by Crippen LogP contribution is 2.43. The molecule has 2 fully saturated rings. The summed E-state index contributed by atoms with van der Waals surface area (Å²) in [5.74, 6) is -1.91. The number of amides is 1. The van der Waals surface area contributed by atoms with Crippen LogP contribution in [-0.2, 0) is 11.2 Å². The number of rotatable bonds is 10. The van der Waals surface area contributed by atoms with Gasteiger partial charge in [0.25, 0.3) is 5.92 Å². The largest absolute Gasteiger partial charge is 0.344 e. The molecule has 0 aromatic carbocycles. The number of alkyl halides is 2. The number of hydrogen-bond acceptors (Lipinski definition) is 10. The molecule has 1 saturated heterocycles. The summed E-state index contributed by atoms with van der Waals surface area (Å²) in [5.41, 5.74) is 1.68. The molecule has 0 radical (unpaired) electrons. The SMILES string of the molecule is CC/C=C(\CC)Nc1nnc([C@H]2CCCC(c3nnc(NC(=O)Cc4cccc(N5CC(F)(F)C5)n4)s3)C2)s1. The second kappa shape index (κ2) is 12.0. The monoisotopic (exact) mass is 574 g/mol. The Hall–Kier alpha value is -3.06. The standard InChI is InChI=1S/C26H32F2N8OS2/c1-3-7-18(4-2)30-24-34-32-22(38-24)16-8-5-9-17(12-16)23-33-35-25(39-23)31-21(37)13-19-10-6-11-20(29-19)36-14-26(27,28)15-36/h6-7,10-11,16-17H,3-5,8-9,12-15H2,1-2H3,(H,30,34)(H,31,35,37)/b18-7+/t16-,17?/m0/s1. The topological polar surface area (TPSA) is 109 Å². The van der Waals surface area contributed by atoms with E-state index in [1.54, 1.807) is 29.5 Å². The molecule has 208 valence electrons. The maximum atomic E-state index is 13.2. The van der Waals surface area contributed by atoms with Crippen molar-refractivity contribution >= 4 is 44.7 Å². The first kappa shape index (κ1) is 27.5. The molecule has 2 atom stereocenters. The molecule has 3 aromatic heterocycles. The first-order valence-corrected chi connectivity index (χ1v) is 15.0. The maximum absolute atomic E-state index is 13.2. The predicted molar refractivity (Wildman–Crippen MR) is 150 cm³/mol. The fourth-order valence-electron chi connectivity index (χ4n) is 4.95. The van der Waals surface area contributed by atoms with E-state index in [1.807, 2.05) is 0 Å². The van der Waals surface area contributed by atoms with Crippen LogP contribution in [0.4, 0.5) is 24.9 Å². The summed E-state index contributed by atoms with van der Waals surface area (Å²) >= 11 is 3.02. The Labute approximate surface area is 234 Å². The number of halogens is 2. The fraction of sp³-hybridized carbons (Fsp3) is 0.538. The summed E-state index contributed by atoms with van der Waals surface area (Å²) in [4.78, 5) is 18.5. The van der Waals surface area contributed by atoms with Gasteiger partial charge in [-0.25, -0.2) is 13.8 Å². The van der Waals surface area contributed by atoms with Gasteiger partial charge in [-0.1, -0.05) is 55.1 Å². The van der Waals surface area contributed by atoms with Crippen LogP contribution in [-0.4, -0.2) is 50.3 Å². The van der Waals surface area contributed by atoms with Crippen LogP contribution in [0.1, 0.15) is 79.9 Å². The number of carbonyl (C=O) groups is 1. The van der Waals surface area contributed by atoms with E-state index in [2.05, 4.69) is 55.9 Å². The summed E-state index contributed by atoms with van der Waals surface area (Å²) in [6.45, 7) is 3.54. The highest BCUT2D eigenvalue weighted by Gasteiger charge is 2.44. The van der Waals surface area contributed by atoms with Crippen LogP contribution < -0.4 is 15.5 Å². The molecule has 4 heterocycles. The van der Waals surface area contributed by atoms with E-state index in [4.69, 9.17) is 0 Å². The lowest BCUT2D eigenvalue weighted by Crippen LogP contribution is -2.56. The van der Waals surface area contributed by atoms with Crippen molar-refractivity contribution in [2.24, 2.45) is 0 Å². The molecule has 1 saturated carbocycles. The van der Waals surface area contributed by atoms with Crippen molar-refractivity contribution in [1.82, 2.24) is 25.4 Å². The van der Waals surface area contributed by atoms with E-state index in [-0.39, 0.29) is 31.3 Å². The average molecular weight is 575 g/mol. The molecular formula is C26H32F2N8OS2. The third-order valence-electron chi connectivity index (χ3n) is 6.90. The molecule has 9 nitrogen and oxygen atoms in total. The molecule has 1 aliphatic heterocycles. The minimum Gasteiger partial charge on any atom is -0.344 e. The number of aromatic nitrogens is 5. The lowest BCUT2D eigenvalue weighted by Gasteiger charge is -2.39. The van der Waals surface area contributed by atoms with Crippen molar-refractivity contribution in [3.63, 3.8) is 0 Å². The van der Waals surface area contributed by atoms with Crippen LogP contribution in [0.2, 0.25) is 0 Å². The predicted octanol–water partition coefficient (Wildman–Crippen LogP) is 5.98. The second-order valence-electron chi connectivity index (χ2n) is 9.99. The van der Waals surface area contributed by atoms with Crippen molar-refractivity contribution in [3.05, 3.63) is 45.7 Å². The molecule has 5 rings (SSSR count). The Morgan fingerprint density at radius 1 is 1.05 bits per heavy atom. The Balaban J connectivity index is 1.15. The number of allylic oxidation sites excluding steroid dienone is 2. The highest BCUT2D eigenvalue weighted by molar-refractivity contribution is 7.15. The van der Waals surface area contributed by atoms with Crippen molar-refractivity contribution < 1.29 is 13.6 Å². The first-order chi connectivity index (χ1) is 18.8. The van der Waals surface area contributed by atoms with E-state index in [0.29, 0.717) is 22.6 Å². The Morgan fingerprint density at radius 2 is 1.72 bits per heavy atom. The van der Waals surface area contributed by atoms with E-state index >= 15 is 0 Å². The van der Waals surface area contributed by atoms with E-state index in [0.717, 1.165) is 59.4 Å². The van der Waals surface area contributed by atoms with Crippen LogP contribution in [0.5, 0.6) is 0 Å². The van der Waals surface area contributed by atoms with E-state index in [9.17, 15) is 13.6 Å². The zero-order valence-corrected chi connectivity index (χ0v) is 23.6. The molecule has 1 unspecified atom stereocenters. The van der Waals surface area contributed by atoms with Gasteiger partial charge in [-0.05, 0) is 44.2 Å². The summed E-state index contributed by atoms with van der Waals surface area (Å²) in [6.07, 6.45) is 8.19. The number of nitrogens with zero attached hydrogens (tertiary/aromatic N) is 6. The van der Waals surface area contributed by atoms with Crippen molar-refractivity contribution in [1.29, 1.82) is 0 Å². The second-order valence-corrected chi connectivity index (χ2v) is 12.0. The molecule has 3 aromatic rings. The third kappa shape index (κ3) is 6.93. The van der Waals surface area contributed by atoms with Crippen molar-refractivity contribution in [2.45, 2.75) is 76.6 Å². The van der Waals surface area contributed by atoms with Gasteiger partial charge in [0, 0.05) is 17.5 Å². The van der Waals surface area contributed by atoms with Gasteiger partial charge in [-0.15, -0.1) is 20.4 Å². The summed E-state index contributed by atoms with van der Waals surface area (Å²) in [6, 6.07) is 5.12. The molecule has 2 aliphatic rings. The number of hydrogen-bond donors (Lipinski definition) is 2. The number of nitrogens with one attached hydrogen (secondary N) is 2. The minimum atomic E-state index is -2.68. The van der Waals surface area contributed by atoms with Gasteiger partial charge in [-0.3, -0.25) is 4.79 Å². The molecule has 0 bridgehead atoms. The van der Waals surface area contributed by atoms with Crippen LogP contribution in [0.15, 0.2) is 30.0 Å². The normalized spacial score (nSPS) is 20.9. The van der Waals surface area contributed by atoms with Crippen LogP contribution in [0.25, 0.3) is 0 Å². The fourth-order valence-corrected chi connectivity index (χ4v) is 6.78. The molecule has 1 aliphatic carbocycles. The Kier molecular flexibility index (Phi) is 8.46. The summed E-state index contributed by atoms with van der Waals surface area (Å²) in [7, 11) is 0. The zero-order chi connectivity index (χ0) is 27.4. The number of carbonyl (C=O) groups excluding carboxylic acids is 1. The minimum absolute atomic E-state index is 0.0269. The van der Waals surface area contributed by atoms with Gasteiger partial charge < -0.3 is 15.5 Å². The lowest BCUT2D eigenvalue weighted by atomic mass is 9.82. The molecule has 0 spiro atoms. The van der Waals surface area contributed by atoms with E-state index < -0.39 is 5.92 Å². The molecular weight excluding hydrogens is 542 g/mol. The summed E-state index contributed by atoms with van der Waals surface area (Å²) in [5, 5.41) is 26.9. The first-order valence-electron chi connectivity index (χ1n) is 13.3. The maximum Gasteiger partial charge on any atom is 0.282 e. The molecule has 39 heavy (non-hydrogen) atoms. The Morgan fingerprint density at radius 3 is 2.33 bits per heavy atom. The smallest absolute Gasteiger partial charge is 0.282 e. The van der Waals surface area contributed by atoms with Crippen LogP contribution in [0.3, 0.4) is 0 Å². The molecule has 1 amide bonds. The lowest BCUT2D eigenvalue weighted by molar-refractivity contribution is -0.115. The van der Waals surface area contributed by atoms with Gasteiger partial charge in [0.05, 0.1) is 25.2 Å². The molecule has 2 N–H and O–H groups in total. The summed E-state index contributed by atoms with van der Waals surface area (Å²) < 4.78 is 26.4. The Bertz CT molecular complexity index is 1320. The number of pyridine rings is 1. The van der Waals surface area contributed by atoms with Crippen molar-refractivity contribution in [2.75, 3.05) is 28.6 Å². The van der Waals surface area contributed by atoms with Gasteiger partial charge in [-0.2, -0.15) is 0 Å². The average Bonchev–Trinajstić information content (AvgIpc) is 3.57. The van der Waals surface area contributed by atoms with Gasteiger partial charge in [0.15, 0.2) is 0 Å².